The van der Waals surface area contributed by atoms with Gasteiger partial charge in [0.1, 0.15) is 11.5 Å². The van der Waals surface area contributed by atoms with Crippen molar-refractivity contribution in [1.82, 2.24) is 4.98 Å². The van der Waals surface area contributed by atoms with Crippen molar-refractivity contribution in [2.24, 2.45) is 0 Å². The monoisotopic (exact) mass is 400 g/mol. The number of ether oxygens (including phenoxy) is 1. The molecule has 1 aromatic heterocycles. The molecule has 0 radical (unpaired) electrons. The second-order valence-electron chi connectivity index (χ2n) is 7.02. The van der Waals surface area contributed by atoms with E-state index >= 15 is 0 Å². The van der Waals surface area contributed by atoms with Crippen molar-refractivity contribution in [2.45, 2.75) is 13.0 Å². The number of Topliss-reactive ketones (excluding diaryl/α,β-unsaturated/α-hetero) is 1. The SMILES string of the molecule is COc1cccc(N2C(=O)C(=O)/C(=C(/O)c3ccc(C)cc3)C2c2ccncc2)c1. The van der Waals surface area contributed by atoms with Crippen LogP contribution in [0.3, 0.4) is 0 Å². The standard InChI is InChI=1S/C24H20N2O4/c1-15-6-8-17(9-7-15)22(27)20-21(16-10-12-25-13-11-16)26(24(29)23(20)28)18-4-3-5-19(14-18)30-2/h3-14,21,27H,1-2H3/b22-20+. The van der Waals surface area contributed by atoms with Crippen LogP contribution in [0, 0.1) is 6.92 Å². The molecule has 1 atom stereocenters. The number of pyridine rings is 1. The number of hydrogen-bond donors (Lipinski definition) is 1. The van der Waals surface area contributed by atoms with Crippen molar-refractivity contribution in [1.29, 1.82) is 0 Å². The molecule has 1 amide bonds. The number of aliphatic hydroxyl groups excluding tert-OH is 1. The van der Waals surface area contributed by atoms with Crippen molar-refractivity contribution in [3.8, 4) is 5.75 Å². The van der Waals surface area contributed by atoms with Gasteiger partial charge in [0.05, 0.1) is 18.7 Å². The Labute approximate surface area is 174 Å². The maximum atomic E-state index is 13.1. The number of carbonyl (C=O) groups excluding carboxylic acids is 2. The first-order valence-electron chi connectivity index (χ1n) is 9.43. The van der Waals surface area contributed by atoms with E-state index < -0.39 is 17.7 Å². The van der Waals surface area contributed by atoms with Crippen LogP contribution in [0.25, 0.3) is 5.76 Å². The summed E-state index contributed by atoms with van der Waals surface area (Å²) in [6, 6.07) is 16.7. The van der Waals surface area contributed by atoms with Crippen LogP contribution in [0.15, 0.2) is 78.6 Å². The Bertz CT molecular complexity index is 1140. The Morgan fingerprint density at radius 1 is 1.03 bits per heavy atom. The summed E-state index contributed by atoms with van der Waals surface area (Å²) in [7, 11) is 1.53. The van der Waals surface area contributed by atoms with E-state index in [2.05, 4.69) is 4.98 Å². The highest BCUT2D eigenvalue weighted by molar-refractivity contribution is 6.51. The van der Waals surface area contributed by atoms with Crippen LogP contribution in [-0.2, 0) is 9.59 Å². The molecule has 1 aliphatic heterocycles. The van der Waals surface area contributed by atoms with Gasteiger partial charge < -0.3 is 9.84 Å². The lowest BCUT2D eigenvalue weighted by molar-refractivity contribution is -0.132. The summed E-state index contributed by atoms with van der Waals surface area (Å²) in [5.74, 6) is -1.10. The largest absolute Gasteiger partial charge is 0.507 e. The van der Waals surface area contributed by atoms with E-state index in [9.17, 15) is 14.7 Å². The Hall–Kier alpha value is -3.93. The van der Waals surface area contributed by atoms with Gasteiger partial charge in [-0.15, -0.1) is 0 Å². The molecule has 6 heteroatoms. The number of benzene rings is 2. The Kier molecular flexibility index (Phi) is 5.06. The highest BCUT2D eigenvalue weighted by Gasteiger charge is 2.47. The molecule has 2 heterocycles. The first-order chi connectivity index (χ1) is 14.5. The molecule has 30 heavy (non-hydrogen) atoms. The van der Waals surface area contributed by atoms with Gasteiger partial charge in [-0.05, 0) is 36.8 Å². The maximum Gasteiger partial charge on any atom is 0.300 e. The lowest BCUT2D eigenvalue weighted by Gasteiger charge is -2.25. The number of aromatic nitrogens is 1. The van der Waals surface area contributed by atoms with Crippen molar-refractivity contribution in [2.75, 3.05) is 12.0 Å². The summed E-state index contributed by atoms with van der Waals surface area (Å²) < 4.78 is 5.28. The van der Waals surface area contributed by atoms with Gasteiger partial charge in [0.2, 0.25) is 0 Å². The van der Waals surface area contributed by atoms with E-state index in [1.807, 2.05) is 19.1 Å². The number of rotatable bonds is 4. The third-order valence-electron chi connectivity index (χ3n) is 5.12. The van der Waals surface area contributed by atoms with Gasteiger partial charge in [0.25, 0.3) is 11.7 Å². The normalized spacial score (nSPS) is 17.9. The minimum atomic E-state index is -0.790. The molecule has 1 N–H and O–H groups in total. The quantitative estimate of drug-likeness (QED) is 0.406. The lowest BCUT2D eigenvalue weighted by atomic mass is 9.95. The number of aliphatic hydroxyl groups is 1. The van der Waals surface area contributed by atoms with E-state index in [0.717, 1.165) is 5.56 Å². The van der Waals surface area contributed by atoms with Crippen molar-refractivity contribution < 1.29 is 19.4 Å². The summed E-state index contributed by atoms with van der Waals surface area (Å²) in [6.45, 7) is 1.93. The second kappa shape index (κ2) is 7.83. The van der Waals surface area contributed by atoms with Crippen LogP contribution >= 0.6 is 0 Å². The predicted molar refractivity (Wildman–Crippen MR) is 113 cm³/mol. The maximum absolute atomic E-state index is 13.1. The van der Waals surface area contributed by atoms with Crippen LogP contribution in [0.1, 0.15) is 22.7 Å². The van der Waals surface area contributed by atoms with Crippen LogP contribution in [-0.4, -0.2) is 28.9 Å². The molecule has 150 valence electrons. The summed E-state index contributed by atoms with van der Waals surface area (Å²) >= 11 is 0. The Morgan fingerprint density at radius 2 is 1.73 bits per heavy atom. The molecule has 1 unspecified atom stereocenters. The van der Waals surface area contributed by atoms with Gasteiger partial charge in [0, 0.05) is 29.7 Å². The van der Waals surface area contributed by atoms with Crippen molar-refractivity contribution >= 4 is 23.1 Å². The molecular formula is C24H20N2O4. The molecule has 0 spiro atoms. The number of aryl methyl sites for hydroxylation is 1. The van der Waals surface area contributed by atoms with Gasteiger partial charge in [-0.1, -0.05) is 35.9 Å². The third kappa shape index (κ3) is 3.33. The predicted octanol–water partition coefficient (Wildman–Crippen LogP) is 4.02. The zero-order valence-electron chi connectivity index (χ0n) is 16.6. The molecule has 0 aliphatic carbocycles. The first-order valence-corrected chi connectivity index (χ1v) is 9.43. The Morgan fingerprint density at radius 3 is 2.40 bits per heavy atom. The first kappa shape index (κ1) is 19.4. The van der Waals surface area contributed by atoms with E-state index in [1.54, 1.807) is 60.9 Å². The van der Waals surface area contributed by atoms with Gasteiger partial charge in [0.15, 0.2) is 0 Å². The van der Waals surface area contributed by atoms with Crippen LogP contribution in [0.5, 0.6) is 5.75 Å². The number of amides is 1. The van der Waals surface area contributed by atoms with Gasteiger partial charge in [-0.25, -0.2) is 0 Å². The fourth-order valence-electron chi connectivity index (χ4n) is 3.59. The summed E-state index contributed by atoms with van der Waals surface area (Å²) in [6.07, 6.45) is 3.18. The number of anilines is 1. The highest BCUT2D eigenvalue weighted by atomic mass is 16.5. The van der Waals surface area contributed by atoms with Crippen LogP contribution in [0.4, 0.5) is 5.69 Å². The van der Waals surface area contributed by atoms with Crippen LogP contribution in [0.2, 0.25) is 0 Å². The number of methoxy groups -OCH3 is 1. The smallest absolute Gasteiger partial charge is 0.300 e. The molecular weight excluding hydrogens is 380 g/mol. The molecule has 3 aromatic rings. The summed E-state index contributed by atoms with van der Waals surface area (Å²) in [5.41, 5.74) is 2.71. The molecule has 1 fully saturated rings. The zero-order valence-corrected chi connectivity index (χ0v) is 16.6. The van der Waals surface area contributed by atoms with E-state index in [4.69, 9.17) is 4.74 Å². The zero-order chi connectivity index (χ0) is 21.3. The number of carbonyl (C=O) groups is 2. The minimum Gasteiger partial charge on any atom is -0.507 e. The van der Waals surface area contributed by atoms with Gasteiger partial charge >= 0.3 is 0 Å². The van der Waals surface area contributed by atoms with E-state index in [0.29, 0.717) is 22.6 Å². The number of ketones is 1. The molecule has 0 bridgehead atoms. The average Bonchev–Trinajstić information content (AvgIpc) is 3.05. The summed E-state index contributed by atoms with van der Waals surface area (Å²) in [5, 5.41) is 11.0. The third-order valence-corrected chi connectivity index (χ3v) is 5.12. The highest BCUT2D eigenvalue weighted by Crippen LogP contribution is 2.42. The molecule has 1 saturated heterocycles. The van der Waals surface area contributed by atoms with Crippen LogP contribution < -0.4 is 9.64 Å². The molecule has 6 nitrogen and oxygen atoms in total. The average molecular weight is 400 g/mol. The fourth-order valence-corrected chi connectivity index (χ4v) is 3.59. The summed E-state index contributed by atoms with van der Waals surface area (Å²) in [4.78, 5) is 31.5. The minimum absolute atomic E-state index is 0.0397. The van der Waals surface area contributed by atoms with Gasteiger partial charge in [-0.3, -0.25) is 19.5 Å². The molecule has 2 aromatic carbocycles. The number of nitrogens with zero attached hydrogens (tertiary/aromatic N) is 2. The lowest BCUT2D eigenvalue weighted by Crippen LogP contribution is -2.29. The molecule has 0 saturated carbocycles. The molecule has 4 rings (SSSR count). The molecule has 1 aliphatic rings. The van der Waals surface area contributed by atoms with Gasteiger partial charge in [-0.2, -0.15) is 0 Å². The fraction of sp³-hybridized carbons (Fsp3) is 0.125. The Balaban J connectivity index is 1.93. The topological polar surface area (TPSA) is 79.7 Å². The second-order valence-corrected chi connectivity index (χ2v) is 7.02. The van der Waals surface area contributed by atoms with Crippen molar-refractivity contribution in [3.63, 3.8) is 0 Å². The van der Waals surface area contributed by atoms with E-state index in [1.165, 1.54) is 12.0 Å². The van der Waals surface area contributed by atoms with Crippen molar-refractivity contribution in [3.05, 3.63) is 95.3 Å². The van der Waals surface area contributed by atoms with E-state index in [-0.39, 0.29) is 11.3 Å². The number of hydrogen-bond acceptors (Lipinski definition) is 5.